The molecule has 0 saturated carbocycles. The monoisotopic (exact) mass is 158 g/mol. The Morgan fingerprint density at radius 2 is 2.60 bits per heavy atom. The molecule has 0 aromatic carbocycles. The van der Waals surface area contributed by atoms with Gasteiger partial charge in [0.25, 0.3) is 0 Å². The van der Waals surface area contributed by atoms with E-state index < -0.39 is 0 Å². The average molecular weight is 158 g/mol. The molecule has 10 heavy (non-hydrogen) atoms. The number of methoxy groups -OCH3 is 1. The fourth-order valence-electron chi connectivity index (χ4n) is 0.653. The van der Waals surface area contributed by atoms with Crippen LogP contribution in [0.2, 0.25) is 0 Å². The first-order chi connectivity index (χ1) is 4.86. The van der Waals surface area contributed by atoms with Gasteiger partial charge in [-0.2, -0.15) is 4.37 Å². The molecule has 4 heteroatoms. The molecule has 1 N–H and O–H groups in total. The molecule has 1 rings (SSSR count). The second kappa shape index (κ2) is 3.53. The molecule has 1 heterocycles. The van der Waals surface area contributed by atoms with E-state index in [9.17, 15) is 0 Å². The van der Waals surface area contributed by atoms with E-state index in [4.69, 9.17) is 4.74 Å². The van der Waals surface area contributed by atoms with Gasteiger partial charge in [0.15, 0.2) is 5.06 Å². The van der Waals surface area contributed by atoms with Crippen LogP contribution in [-0.2, 0) is 6.54 Å². The lowest BCUT2D eigenvalue weighted by Gasteiger charge is -1.89. The molecule has 0 unspecified atom stereocenters. The molecule has 0 aliphatic carbocycles. The van der Waals surface area contributed by atoms with E-state index >= 15 is 0 Å². The normalized spacial score (nSPS) is 9.80. The summed E-state index contributed by atoms with van der Waals surface area (Å²) < 4.78 is 9.10. The number of hydrogen-bond donors (Lipinski definition) is 1. The number of aromatic nitrogens is 1. The van der Waals surface area contributed by atoms with Gasteiger partial charge in [0, 0.05) is 24.1 Å². The topological polar surface area (TPSA) is 34.1 Å². The SMILES string of the molecule is CNCc1cc(OC)sn1. The predicted molar refractivity (Wildman–Crippen MR) is 41.4 cm³/mol. The third kappa shape index (κ3) is 1.68. The fourth-order valence-corrected chi connectivity index (χ4v) is 1.24. The molecule has 1 aromatic heterocycles. The molecule has 1 aromatic rings. The summed E-state index contributed by atoms with van der Waals surface area (Å²) in [7, 11) is 3.54. The van der Waals surface area contributed by atoms with Crippen molar-refractivity contribution < 1.29 is 4.74 Å². The summed E-state index contributed by atoms with van der Waals surface area (Å²) in [5, 5.41) is 3.88. The van der Waals surface area contributed by atoms with Crippen molar-refractivity contribution >= 4 is 11.5 Å². The van der Waals surface area contributed by atoms with Gasteiger partial charge in [0.1, 0.15) is 0 Å². The van der Waals surface area contributed by atoms with Gasteiger partial charge in [0.2, 0.25) is 0 Å². The van der Waals surface area contributed by atoms with E-state index in [-0.39, 0.29) is 0 Å². The molecule has 0 aliphatic heterocycles. The predicted octanol–water partition coefficient (Wildman–Crippen LogP) is 0.871. The maximum absolute atomic E-state index is 4.97. The highest BCUT2D eigenvalue weighted by Crippen LogP contribution is 2.17. The average Bonchev–Trinajstić information content (AvgIpc) is 2.37. The molecule has 0 amide bonds. The number of rotatable bonds is 3. The van der Waals surface area contributed by atoms with Crippen LogP contribution < -0.4 is 10.1 Å². The van der Waals surface area contributed by atoms with Gasteiger partial charge in [-0.3, -0.25) is 0 Å². The van der Waals surface area contributed by atoms with Gasteiger partial charge >= 0.3 is 0 Å². The highest BCUT2D eigenvalue weighted by atomic mass is 32.1. The van der Waals surface area contributed by atoms with Crippen molar-refractivity contribution in [2.75, 3.05) is 14.2 Å². The lowest BCUT2D eigenvalue weighted by Crippen LogP contribution is -2.04. The second-order valence-corrected chi connectivity index (χ2v) is 2.64. The Morgan fingerprint density at radius 1 is 1.80 bits per heavy atom. The van der Waals surface area contributed by atoms with Crippen LogP contribution in [0.3, 0.4) is 0 Å². The highest BCUT2D eigenvalue weighted by molar-refractivity contribution is 7.07. The summed E-state index contributed by atoms with van der Waals surface area (Å²) in [5.41, 5.74) is 1.03. The lowest BCUT2D eigenvalue weighted by atomic mass is 10.4. The molecule has 0 radical (unpaired) electrons. The number of ether oxygens (including phenoxy) is 1. The van der Waals surface area contributed by atoms with Crippen molar-refractivity contribution in [3.05, 3.63) is 11.8 Å². The molecule has 56 valence electrons. The van der Waals surface area contributed by atoms with Crippen LogP contribution in [0, 0.1) is 0 Å². The van der Waals surface area contributed by atoms with Crippen LogP contribution in [0.5, 0.6) is 5.06 Å². The third-order valence-corrected chi connectivity index (χ3v) is 1.89. The summed E-state index contributed by atoms with van der Waals surface area (Å²) >= 11 is 1.38. The summed E-state index contributed by atoms with van der Waals surface area (Å²) in [4.78, 5) is 0. The lowest BCUT2D eigenvalue weighted by molar-refractivity contribution is 0.427. The standard InChI is InChI=1S/C6H10N2OS/c1-7-4-5-3-6(9-2)10-8-5/h3,7H,4H2,1-2H3. The van der Waals surface area contributed by atoms with Crippen LogP contribution in [-0.4, -0.2) is 18.5 Å². The van der Waals surface area contributed by atoms with Gasteiger partial charge in [-0.05, 0) is 7.05 Å². The Balaban J connectivity index is 2.59. The van der Waals surface area contributed by atoms with Crippen LogP contribution in [0.15, 0.2) is 6.07 Å². The molecular weight excluding hydrogens is 148 g/mol. The quantitative estimate of drug-likeness (QED) is 0.708. The van der Waals surface area contributed by atoms with Gasteiger partial charge < -0.3 is 10.1 Å². The fraction of sp³-hybridized carbons (Fsp3) is 0.500. The maximum atomic E-state index is 4.97. The minimum Gasteiger partial charge on any atom is -0.486 e. The molecule has 3 nitrogen and oxygen atoms in total. The zero-order chi connectivity index (χ0) is 7.40. The van der Waals surface area contributed by atoms with Crippen LogP contribution in [0.1, 0.15) is 5.69 Å². The van der Waals surface area contributed by atoms with E-state index in [1.807, 2.05) is 13.1 Å². The van der Waals surface area contributed by atoms with Crippen LogP contribution in [0.25, 0.3) is 0 Å². The Hall–Kier alpha value is -0.610. The Labute approximate surface area is 64.2 Å². The highest BCUT2D eigenvalue weighted by Gasteiger charge is 1.98. The minimum absolute atomic E-state index is 0.805. The van der Waals surface area contributed by atoms with E-state index in [0.717, 1.165) is 17.3 Å². The zero-order valence-corrected chi connectivity index (χ0v) is 6.86. The van der Waals surface area contributed by atoms with Crippen molar-refractivity contribution in [1.29, 1.82) is 0 Å². The minimum atomic E-state index is 0.805. The second-order valence-electron chi connectivity index (χ2n) is 1.87. The molecular formula is C6H10N2OS. The van der Waals surface area contributed by atoms with Gasteiger partial charge in [0.05, 0.1) is 12.8 Å². The van der Waals surface area contributed by atoms with Crippen molar-refractivity contribution in [2.24, 2.45) is 0 Å². The van der Waals surface area contributed by atoms with E-state index in [0.29, 0.717) is 0 Å². The maximum Gasteiger partial charge on any atom is 0.193 e. The Kier molecular flexibility index (Phi) is 2.65. The van der Waals surface area contributed by atoms with E-state index in [1.165, 1.54) is 11.5 Å². The largest absolute Gasteiger partial charge is 0.486 e. The molecule has 0 bridgehead atoms. The summed E-state index contributed by atoms with van der Waals surface area (Å²) in [6.07, 6.45) is 0. The van der Waals surface area contributed by atoms with Crippen LogP contribution in [0.4, 0.5) is 0 Å². The third-order valence-electron chi connectivity index (χ3n) is 1.10. The summed E-state index contributed by atoms with van der Waals surface area (Å²) in [5.74, 6) is 0. The number of nitrogens with zero attached hydrogens (tertiary/aromatic N) is 1. The first kappa shape index (κ1) is 7.50. The number of nitrogens with one attached hydrogen (secondary N) is 1. The molecule has 0 aliphatic rings. The van der Waals surface area contributed by atoms with E-state index in [2.05, 4.69) is 9.69 Å². The van der Waals surface area contributed by atoms with Crippen LogP contribution >= 0.6 is 11.5 Å². The van der Waals surface area contributed by atoms with Crippen molar-refractivity contribution in [2.45, 2.75) is 6.54 Å². The van der Waals surface area contributed by atoms with Crippen molar-refractivity contribution in [3.63, 3.8) is 0 Å². The van der Waals surface area contributed by atoms with Crippen molar-refractivity contribution in [1.82, 2.24) is 9.69 Å². The molecule has 0 fully saturated rings. The van der Waals surface area contributed by atoms with Crippen molar-refractivity contribution in [3.8, 4) is 5.06 Å². The van der Waals surface area contributed by atoms with Gasteiger partial charge in [-0.25, -0.2) is 0 Å². The summed E-state index contributed by atoms with van der Waals surface area (Å²) in [6, 6.07) is 1.93. The smallest absolute Gasteiger partial charge is 0.193 e. The molecule has 0 spiro atoms. The molecule has 0 saturated heterocycles. The molecule has 0 atom stereocenters. The summed E-state index contributed by atoms with van der Waals surface area (Å²) in [6.45, 7) is 0.805. The first-order valence-electron chi connectivity index (χ1n) is 3.01. The Bertz CT molecular complexity index is 199. The Morgan fingerprint density at radius 3 is 3.10 bits per heavy atom. The first-order valence-corrected chi connectivity index (χ1v) is 3.78. The number of hydrogen-bond acceptors (Lipinski definition) is 4. The zero-order valence-electron chi connectivity index (χ0n) is 6.05. The van der Waals surface area contributed by atoms with Gasteiger partial charge in [-0.1, -0.05) is 0 Å². The van der Waals surface area contributed by atoms with Gasteiger partial charge in [-0.15, -0.1) is 0 Å². The van der Waals surface area contributed by atoms with E-state index in [1.54, 1.807) is 7.11 Å².